The summed E-state index contributed by atoms with van der Waals surface area (Å²) in [6.07, 6.45) is 0.470. The molecule has 18 heavy (non-hydrogen) atoms. The highest BCUT2D eigenvalue weighted by Crippen LogP contribution is 2.29. The fourth-order valence-electron chi connectivity index (χ4n) is 2.78. The van der Waals surface area contributed by atoms with Crippen molar-refractivity contribution in [1.29, 1.82) is 0 Å². The zero-order valence-electron chi connectivity index (χ0n) is 10.1. The van der Waals surface area contributed by atoms with E-state index in [0.29, 0.717) is 23.3 Å². The molecule has 2 heterocycles. The van der Waals surface area contributed by atoms with E-state index in [4.69, 9.17) is 16.3 Å². The van der Waals surface area contributed by atoms with Gasteiger partial charge in [-0.1, -0.05) is 23.7 Å². The van der Waals surface area contributed by atoms with Gasteiger partial charge < -0.3 is 9.64 Å². The van der Waals surface area contributed by atoms with Crippen molar-refractivity contribution in [3.8, 4) is 0 Å². The van der Waals surface area contributed by atoms with Crippen LogP contribution in [0.4, 0.5) is 0 Å². The lowest BCUT2D eigenvalue weighted by Gasteiger charge is -2.17. The number of benzene rings is 1. The lowest BCUT2D eigenvalue weighted by Crippen LogP contribution is -2.31. The number of nitrogens with zero attached hydrogens (tertiary/aromatic N) is 1. The van der Waals surface area contributed by atoms with Crippen LogP contribution in [0.2, 0.25) is 5.02 Å². The Bertz CT molecular complexity index is 434. The quantitative estimate of drug-likeness (QED) is 0.818. The van der Waals surface area contributed by atoms with Crippen LogP contribution in [0.3, 0.4) is 0 Å². The first-order chi connectivity index (χ1) is 8.72. The van der Waals surface area contributed by atoms with Crippen molar-refractivity contribution in [2.45, 2.75) is 6.42 Å². The Morgan fingerprint density at radius 1 is 1.22 bits per heavy atom. The second-order valence-electron chi connectivity index (χ2n) is 5.16. The van der Waals surface area contributed by atoms with E-state index in [1.54, 1.807) is 0 Å². The first-order valence-corrected chi connectivity index (χ1v) is 6.70. The van der Waals surface area contributed by atoms with Crippen molar-refractivity contribution in [1.82, 2.24) is 4.90 Å². The van der Waals surface area contributed by atoms with Crippen molar-refractivity contribution in [2.24, 2.45) is 11.8 Å². The Morgan fingerprint density at radius 3 is 2.44 bits per heavy atom. The number of carbonyl (C=O) groups excluding carboxylic acids is 1. The lowest BCUT2D eigenvalue weighted by atomic mass is 10.0. The zero-order chi connectivity index (χ0) is 12.5. The topological polar surface area (TPSA) is 29.5 Å². The maximum atomic E-state index is 12.2. The molecule has 1 amide bonds. The summed E-state index contributed by atoms with van der Waals surface area (Å²) >= 11 is 5.83. The van der Waals surface area contributed by atoms with Gasteiger partial charge in [-0.25, -0.2) is 0 Å². The molecule has 2 aliphatic heterocycles. The van der Waals surface area contributed by atoms with Crippen LogP contribution in [0.5, 0.6) is 0 Å². The third-order valence-electron chi connectivity index (χ3n) is 3.86. The molecule has 0 aliphatic carbocycles. The number of carbonyl (C=O) groups is 1. The van der Waals surface area contributed by atoms with Gasteiger partial charge in [-0.2, -0.15) is 0 Å². The number of hydrogen-bond donors (Lipinski definition) is 0. The Morgan fingerprint density at radius 2 is 1.83 bits per heavy atom. The molecule has 3 rings (SSSR count). The van der Waals surface area contributed by atoms with Gasteiger partial charge in [0.1, 0.15) is 0 Å². The molecule has 0 radical (unpaired) electrons. The van der Waals surface area contributed by atoms with E-state index < -0.39 is 0 Å². The molecule has 2 saturated heterocycles. The Kier molecular flexibility index (Phi) is 3.27. The molecule has 2 atom stereocenters. The summed E-state index contributed by atoms with van der Waals surface area (Å²) in [4.78, 5) is 14.2. The van der Waals surface area contributed by atoms with Gasteiger partial charge in [-0.15, -0.1) is 0 Å². The van der Waals surface area contributed by atoms with Gasteiger partial charge in [0.15, 0.2) is 0 Å². The molecule has 0 spiro atoms. The Hall–Kier alpha value is -1.06. The summed E-state index contributed by atoms with van der Waals surface area (Å²) in [5.41, 5.74) is 1.03. The first kappa shape index (κ1) is 12.0. The molecule has 1 aromatic carbocycles. The average molecular weight is 266 g/mol. The minimum absolute atomic E-state index is 0.215. The summed E-state index contributed by atoms with van der Waals surface area (Å²) in [7, 11) is 0. The normalized spacial score (nSPS) is 26.4. The van der Waals surface area contributed by atoms with Crippen LogP contribution in [0.15, 0.2) is 24.3 Å². The summed E-state index contributed by atoms with van der Waals surface area (Å²) in [6.45, 7) is 3.35. The summed E-state index contributed by atoms with van der Waals surface area (Å²) < 4.78 is 5.42. The van der Waals surface area contributed by atoms with Crippen LogP contribution in [-0.4, -0.2) is 37.1 Å². The molecule has 4 heteroatoms. The van der Waals surface area contributed by atoms with Crippen LogP contribution >= 0.6 is 11.6 Å². The molecular formula is C14H16ClNO2. The van der Waals surface area contributed by atoms with Crippen molar-refractivity contribution in [3.63, 3.8) is 0 Å². The van der Waals surface area contributed by atoms with Gasteiger partial charge in [-0.05, 0) is 17.7 Å². The Balaban J connectivity index is 1.60. The third-order valence-corrected chi connectivity index (χ3v) is 4.11. The monoisotopic (exact) mass is 265 g/mol. The van der Waals surface area contributed by atoms with Gasteiger partial charge >= 0.3 is 0 Å². The van der Waals surface area contributed by atoms with Crippen molar-refractivity contribution >= 4 is 17.5 Å². The first-order valence-electron chi connectivity index (χ1n) is 6.32. The van der Waals surface area contributed by atoms with Crippen LogP contribution in [0.1, 0.15) is 5.56 Å². The van der Waals surface area contributed by atoms with E-state index in [-0.39, 0.29) is 5.91 Å². The Labute approximate surface area is 112 Å². The number of hydrogen-bond acceptors (Lipinski definition) is 2. The van der Waals surface area contributed by atoms with E-state index >= 15 is 0 Å². The maximum absolute atomic E-state index is 12.2. The highest BCUT2D eigenvalue weighted by molar-refractivity contribution is 6.30. The molecule has 0 bridgehead atoms. The fourth-order valence-corrected chi connectivity index (χ4v) is 2.91. The minimum atomic E-state index is 0.215. The predicted molar refractivity (Wildman–Crippen MR) is 69.5 cm³/mol. The fraction of sp³-hybridized carbons (Fsp3) is 0.500. The van der Waals surface area contributed by atoms with E-state index in [9.17, 15) is 4.79 Å². The van der Waals surface area contributed by atoms with Crippen molar-refractivity contribution in [3.05, 3.63) is 34.9 Å². The minimum Gasteiger partial charge on any atom is -0.381 e. The highest BCUT2D eigenvalue weighted by atomic mass is 35.5. The predicted octanol–water partition coefficient (Wildman–Crippen LogP) is 1.99. The van der Waals surface area contributed by atoms with E-state index in [1.807, 2.05) is 29.2 Å². The van der Waals surface area contributed by atoms with Crippen molar-refractivity contribution in [2.75, 3.05) is 26.3 Å². The molecule has 2 fully saturated rings. The largest absolute Gasteiger partial charge is 0.381 e. The third kappa shape index (κ3) is 2.38. The molecule has 0 N–H and O–H groups in total. The molecular weight excluding hydrogens is 250 g/mol. The number of ether oxygens (including phenoxy) is 1. The van der Waals surface area contributed by atoms with Gasteiger partial charge in [0.2, 0.25) is 5.91 Å². The molecule has 1 aromatic rings. The highest BCUT2D eigenvalue weighted by Gasteiger charge is 2.38. The summed E-state index contributed by atoms with van der Waals surface area (Å²) in [5, 5.41) is 0.707. The van der Waals surface area contributed by atoms with Crippen LogP contribution < -0.4 is 0 Å². The number of halogens is 1. The maximum Gasteiger partial charge on any atom is 0.227 e. The average Bonchev–Trinajstić information content (AvgIpc) is 2.92. The van der Waals surface area contributed by atoms with Gasteiger partial charge in [0.05, 0.1) is 19.6 Å². The zero-order valence-corrected chi connectivity index (χ0v) is 10.9. The molecule has 96 valence electrons. The second kappa shape index (κ2) is 4.90. The van der Waals surface area contributed by atoms with Crippen LogP contribution in [-0.2, 0) is 16.0 Å². The smallest absolute Gasteiger partial charge is 0.227 e. The van der Waals surface area contributed by atoms with E-state index in [1.165, 1.54) is 0 Å². The van der Waals surface area contributed by atoms with Crippen LogP contribution in [0, 0.1) is 11.8 Å². The molecule has 0 saturated carbocycles. The SMILES string of the molecule is O=C(Cc1ccc(Cl)cc1)N1CC2COCC2C1. The van der Waals surface area contributed by atoms with Crippen molar-refractivity contribution < 1.29 is 9.53 Å². The van der Waals surface area contributed by atoms with E-state index in [2.05, 4.69) is 0 Å². The molecule has 2 unspecified atom stereocenters. The number of fused-ring (bicyclic) bond motifs is 1. The second-order valence-corrected chi connectivity index (χ2v) is 5.60. The van der Waals surface area contributed by atoms with Gasteiger partial charge in [0.25, 0.3) is 0 Å². The standard InChI is InChI=1S/C14H16ClNO2/c15-13-3-1-10(2-4-13)5-14(17)16-6-11-8-18-9-12(11)7-16/h1-4,11-12H,5-9H2. The number of likely N-dealkylation sites (tertiary alicyclic amines) is 1. The lowest BCUT2D eigenvalue weighted by molar-refractivity contribution is -0.129. The molecule has 3 nitrogen and oxygen atoms in total. The number of rotatable bonds is 2. The van der Waals surface area contributed by atoms with Gasteiger partial charge in [-0.3, -0.25) is 4.79 Å². The molecule has 2 aliphatic rings. The van der Waals surface area contributed by atoms with Crippen LogP contribution in [0.25, 0.3) is 0 Å². The summed E-state index contributed by atoms with van der Waals surface area (Å²) in [6, 6.07) is 7.49. The summed E-state index contributed by atoms with van der Waals surface area (Å²) in [5.74, 6) is 1.32. The number of amides is 1. The van der Waals surface area contributed by atoms with Gasteiger partial charge in [0, 0.05) is 29.9 Å². The molecule has 0 aromatic heterocycles. The van der Waals surface area contributed by atoms with E-state index in [0.717, 1.165) is 31.9 Å².